The molecule has 1 aliphatic rings. The molecule has 0 heterocycles. The first-order chi connectivity index (χ1) is 8.60. The summed E-state index contributed by atoms with van der Waals surface area (Å²) in [6.07, 6.45) is 2.89. The Labute approximate surface area is 110 Å². The van der Waals surface area contributed by atoms with Crippen LogP contribution in [0.4, 0.5) is 0 Å². The van der Waals surface area contributed by atoms with Gasteiger partial charge in [0, 0.05) is 5.41 Å². The largest absolute Gasteiger partial charge is 0.392 e. The first kappa shape index (κ1) is 13.6. The zero-order valence-electron chi connectivity index (χ0n) is 11.5. The van der Waals surface area contributed by atoms with Gasteiger partial charge in [-0.15, -0.1) is 0 Å². The molecule has 18 heavy (non-hydrogen) atoms. The fourth-order valence-corrected chi connectivity index (χ4v) is 3.07. The molecule has 2 nitrogen and oxygen atoms in total. The Balaban J connectivity index is 2.15. The van der Waals surface area contributed by atoms with Crippen molar-refractivity contribution in [2.75, 3.05) is 6.54 Å². The van der Waals surface area contributed by atoms with Crippen LogP contribution in [0.25, 0.3) is 0 Å². The number of benzene rings is 1. The van der Waals surface area contributed by atoms with Gasteiger partial charge in [0.15, 0.2) is 0 Å². The quantitative estimate of drug-likeness (QED) is 0.812. The third kappa shape index (κ3) is 2.60. The lowest BCUT2D eigenvalue weighted by Crippen LogP contribution is -2.38. The molecule has 100 valence electrons. The second kappa shape index (κ2) is 5.41. The predicted octanol–water partition coefficient (Wildman–Crippen LogP) is 2.70. The van der Waals surface area contributed by atoms with Crippen LogP contribution in [0.3, 0.4) is 0 Å². The van der Waals surface area contributed by atoms with Crippen molar-refractivity contribution in [1.29, 1.82) is 0 Å². The standard InChI is InChI=1S/C16H25NO/c1-12(2)10-13(11-17)15(18)16(8-9-16)14-6-4-3-5-7-14/h3-7,12-13,15,18H,8-11,17H2,1-2H3. The molecule has 1 aromatic carbocycles. The van der Waals surface area contributed by atoms with E-state index in [1.807, 2.05) is 6.07 Å². The second-order valence-electron chi connectivity index (χ2n) is 6.09. The van der Waals surface area contributed by atoms with E-state index in [1.54, 1.807) is 0 Å². The first-order valence-electron chi connectivity index (χ1n) is 7.04. The molecule has 1 aromatic rings. The van der Waals surface area contributed by atoms with Crippen LogP contribution in [0, 0.1) is 11.8 Å². The third-order valence-electron chi connectivity index (χ3n) is 4.23. The third-order valence-corrected chi connectivity index (χ3v) is 4.23. The molecular formula is C16H25NO. The minimum absolute atomic E-state index is 0.0137. The maximum Gasteiger partial charge on any atom is 0.0677 e. The highest BCUT2D eigenvalue weighted by Crippen LogP contribution is 2.53. The second-order valence-corrected chi connectivity index (χ2v) is 6.09. The van der Waals surface area contributed by atoms with Crippen LogP contribution in [-0.4, -0.2) is 17.8 Å². The van der Waals surface area contributed by atoms with E-state index in [-0.39, 0.29) is 17.4 Å². The van der Waals surface area contributed by atoms with Crippen molar-refractivity contribution in [2.45, 2.75) is 44.6 Å². The fraction of sp³-hybridized carbons (Fsp3) is 0.625. The molecule has 2 rings (SSSR count). The highest BCUT2D eigenvalue weighted by atomic mass is 16.3. The van der Waals surface area contributed by atoms with Crippen LogP contribution >= 0.6 is 0 Å². The summed E-state index contributed by atoms with van der Waals surface area (Å²) in [5.41, 5.74) is 7.13. The Hall–Kier alpha value is -0.860. The molecule has 1 fully saturated rings. The molecule has 2 heteroatoms. The molecule has 0 amide bonds. The molecular weight excluding hydrogens is 222 g/mol. The van der Waals surface area contributed by atoms with Gasteiger partial charge >= 0.3 is 0 Å². The van der Waals surface area contributed by atoms with Gasteiger partial charge in [0.25, 0.3) is 0 Å². The monoisotopic (exact) mass is 247 g/mol. The molecule has 0 aliphatic heterocycles. The Morgan fingerprint density at radius 2 is 1.83 bits per heavy atom. The zero-order chi connectivity index (χ0) is 13.2. The van der Waals surface area contributed by atoms with Crippen molar-refractivity contribution in [3.8, 4) is 0 Å². The molecule has 3 N–H and O–H groups in total. The number of aliphatic hydroxyl groups excluding tert-OH is 1. The minimum atomic E-state index is -0.299. The van der Waals surface area contributed by atoms with Crippen molar-refractivity contribution >= 4 is 0 Å². The average Bonchev–Trinajstić information content (AvgIpc) is 3.17. The van der Waals surface area contributed by atoms with Crippen molar-refractivity contribution in [2.24, 2.45) is 17.6 Å². The molecule has 1 aliphatic carbocycles. The van der Waals surface area contributed by atoms with E-state index in [2.05, 4.69) is 38.1 Å². The minimum Gasteiger partial charge on any atom is -0.392 e. The molecule has 0 radical (unpaired) electrons. The van der Waals surface area contributed by atoms with Crippen molar-refractivity contribution in [3.05, 3.63) is 35.9 Å². The van der Waals surface area contributed by atoms with Crippen LogP contribution in [0.1, 0.15) is 38.7 Å². The lowest BCUT2D eigenvalue weighted by molar-refractivity contribution is 0.0630. The number of hydrogen-bond donors (Lipinski definition) is 2. The number of rotatable bonds is 6. The Bertz CT molecular complexity index is 370. The fourth-order valence-electron chi connectivity index (χ4n) is 3.07. The summed E-state index contributed by atoms with van der Waals surface area (Å²) < 4.78 is 0. The van der Waals surface area contributed by atoms with Gasteiger partial charge in [0.05, 0.1) is 6.10 Å². The highest BCUT2D eigenvalue weighted by molar-refractivity contribution is 5.33. The lowest BCUT2D eigenvalue weighted by atomic mass is 9.79. The van der Waals surface area contributed by atoms with E-state index in [9.17, 15) is 5.11 Å². The highest BCUT2D eigenvalue weighted by Gasteiger charge is 2.52. The average molecular weight is 247 g/mol. The van der Waals surface area contributed by atoms with Gasteiger partial charge in [0.1, 0.15) is 0 Å². The van der Waals surface area contributed by atoms with E-state index in [1.165, 1.54) is 5.56 Å². The van der Waals surface area contributed by atoms with Crippen molar-refractivity contribution in [3.63, 3.8) is 0 Å². The van der Waals surface area contributed by atoms with Gasteiger partial charge < -0.3 is 10.8 Å². The summed E-state index contributed by atoms with van der Waals surface area (Å²) >= 11 is 0. The van der Waals surface area contributed by atoms with E-state index in [4.69, 9.17) is 5.73 Å². The summed E-state index contributed by atoms with van der Waals surface area (Å²) in [5, 5.41) is 10.7. The normalized spacial score (nSPS) is 20.7. The molecule has 1 saturated carbocycles. The van der Waals surface area contributed by atoms with Gasteiger partial charge in [-0.25, -0.2) is 0 Å². The summed E-state index contributed by atoms with van der Waals surface area (Å²) in [5.74, 6) is 0.799. The summed E-state index contributed by atoms with van der Waals surface area (Å²) in [7, 11) is 0. The summed E-state index contributed by atoms with van der Waals surface area (Å²) in [6.45, 7) is 4.96. The van der Waals surface area contributed by atoms with Crippen LogP contribution in [0.15, 0.2) is 30.3 Å². The Morgan fingerprint density at radius 3 is 2.28 bits per heavy atom. The van der Waals surface area contributed by atoms with Gasteiger partial charge in [-0.3, -0.25) is 0 Å². The van der Waals surface area contributed by atoms with E-state index < -0.39 is 0 Å². The molecule has 2 unspecified atom stereocenters. The summed E-state index contributed by atoms with van der Waals surface area (Å²) in [6, 6.07) is 10.4. The maximum absolute atomic E-state index is 10.7. The van der Waals surface area contributed by atoms with E-state index in [0.29, 0.717) is 12.5 Å². The molecule has 0 bridgehead atoms. The Morgan fingerprint density at radius 1 is 1.22 bits per heavy atom. The van der Waals surface area contributed by atoms with Gasteiger partial charge in [0.2, 0.25) is 0 Å². The van der Waals surface area contributed by atoms with E-state index >= 15 is 0 Å². The van der Waals surface area contributed by atoms with E-state index in [0.717, 1.165) is 19.3 Å². The van der Waals surface area contributed by atoms with Gasteiger partial charge in [-0.2, -0.15) is 0 Å². The number of nitrogens with two attached hydrogens (primary N) is 1. The molecule has 2 atom stereocenters. The topological polar surface area (TPSA) is 46.2 Å². The van der Waals surface area contributed by atoms with Crippen molar-refractivity contribution < 1.29 is 5.11 Å². The number of hydrogen-bond acceptors (Lipinski definition) is 2. The summed E-state index contributed by atoms with van der Waals surface area (Å²) in [4.78, 5) is 0. The maximum atomic E-state index is 10.7. The first-order valence-corrected chi connectivity index (χ1v) is 7.04. The Kier molecular flexibility index (Phi) is 4.08. The molecule has 0 aromatic heterocycles. The van der Waals surface area contributed by atoms with Crippen LogP contribution < -0.4 is 5.73 Å². The smallest absolute Gasteiger partial charge is 0.0677 e. The van der Waals surface area contributed by atoms with Gasteiger partial charge in [-0.1, -0.05) is 44.2 Å². The molecule has 0 saturated heterocycles. The van der Waals surface area contributed by atoms with Crippen LogP contribution in [-0.2, 0) is 5.41 Å². The SMILES string of the molecule is CC(C)CC(CN)C(O)C1(c2ccccc2)CC1. The number of aliphatic hydroxyl groups is 1. The van der Waals surface area contributed by atoms with Crippen molar-refractivity contribution in [1.82, 2.24) is 0 Å². The van der Waals surface area contributed by atoms with Crippen LogP contribution in [0.2, 0.25) is 0 Å². The zero-order valence-corrected chi connectivity index (χ0v) is 11.5. The van der Waals surface area contributed by atoms with Gasteiger partial charge in [-0.05, 0) is 43.2 Å². The van der Waals surface area contributed by atoms with Crippen LogP contribution in [0.5, 0.6) is 0 Å². The predicted molar refractivity (Wildman–Crippen MR) is 75.4 cm³/mol. The lowest BCUT2D eigenvalue weighted by Gasteiger charge is -2.30. The molecule has 0 spiro atoms.